The van der Waals surface area contributed by atoms with Crippen molar-refractivity contribution in [2.24, 2.45) is 5.92 Å². The van der Waals surface area contributed by atoms with Gasteiger partial charge in [0.05, 0.1) is 6.61 Å². The van der Waals surface area contributed by atoms with E-state index in [1.165, 1.54) is 11.8 Å². The molecule has 5 heteroatoms. The van der Waals surface area contributed by atoms with E-state index in [2.05, 4.69) is 0 Å². The van der Waals surface area contributed by atoms with Gasteiger partial charge in [-0.2, -0.15) is 0 Å². The summed E-state index contributed by atoms with van der Waals surface area (Å²) >= 11 is 0. The van der Waals surface area contributed by atoms with E-state index in [1.54, 1.807) is 6.92 Å². The number of hydrogen-bond acceptors (Lipinski definition) is 4. The number of nitrogens with zero attached hydrogens (tertiary/aromatic N) is 1. The van der Waals surface area contributed by atoms with Crippen LogP contribution in [0.1, 0.15) is 19.4 Å². The predicted molar refractivity (Wildman–Crippen MR) is 76.5 cm³/mol. The number of ether oxygens (including phenoxy) is 1. The number of amides is 1. The van der Waals surface area contributed by atoms with Gasteiger partial charge in [-0.05, 0) is 25.8 Å². The number of β-lactam (4-membered cyclic amide) rings is 1. The Morgan fingerprint density at radius 2 is 1.90 bits per heavy atom. The Hall–Kier alpha value is -2.17. The van der Waals surface area contributed by atoms with Crippen LogP contribution < -0.4 is 0 Å². The number of benzene rings is 1. The molecule has 1 aliphatic rings. The Morgan fingerprint density at radius 1 is 1.24 bits per heavy atom. The lowest BCUT2D eigenvalue weighted by Crippen LogP contribution is -2.67. The van der Waals surface area contributed by atoms with E-state index in [4.69, 9.17) is 4.74 Å². The fourth-order valence-corrected chi connectivity index (χ4v) is 2.58. The van der Waals surface area contributed by atoms with Crippen molar-refractivity contribution in [2.75, 3.05) is 13.2 Å². The topological polar surface area (TPSA) is 63.7 Å². The SMILES string of the molecule is CCOC(=O)[C@@H]1[C@H](C(C)=O)C(=O)N1CCc1ccccc1. The van der Waals surface area contributed by atoms with Crippen molar-refractivity contribution >= 4 is 17.7 Å². The van der Waals surface area contributed by atoms with E-state index in [0.29, 0.717) is 13.0 Å². The molecule has 112 valence electrons. The standard InChI is InChI=1S/C16H19NO4/c1-3-21-16(20)14-13(11(2)18)15(19)17(14)10-9-12-7-5-4-6-8-12/h4-8,13-14H,3,9-10H2,1-2H3/t13-,14-/m0/s1. The Labute approximate surface area is 123 Å². The number of carbonyl (C=O) groups excluding carboxylic acids is 3. The monoisotopic (exact) mass is 289 g/mol. The summed E-state index contributed by atoms with van der Waals surface area (Å²) in [7, 11) is 0. The van der Waals surface area contributed by atoms with E-state index >= 15 is 0 Å². The summed E-state index contributed by atoms with van der Waals surface area (Å²) in [6, 6.07) is 8.94. The maximum atomic E-state index is 12.0. The number of Topliss-reactive ketones (excluding diaryl/α,β-unsaturated/α-hetero) is 1. The Bertz CT molecular complexity index is 540. The highest BCUT2D eigenvalue weighted by molar-refractivity contribution is 6.11. The van der Waals surface area contributed by atoms with Gasteiger partial charge in [-0.1, -0.05) is 30.3 Å². The van der Waals surface area contributed by atoms with Crippen LogP contribution in [0, 0.1) is 5.92 Å². The molecule has 0 aromatic heterocycles. The lowest BCUT2D eigenvalue weighted by Gasteiger charge is -2.44. The van der Waals surface area contributed by atoms with Crippen LogP contribution in [-0.2, 0) is 25.5 Å². The molecule has 0 aliphatic carbocycles. The van der Waals surface area contributed by atoms with E-state index in [9.17, 15) is 14.4 Å². The van der Waals surface area contributed by atoms with Crippen LogP contribution in [0.25, 0.3) is 0 Å². The molecule has 1 aromatic rings. The summed E-state index contributed by atoms with van der Waals surface area (Å²) in [5.74, 6) is -1.93. The average Bonchev–Trinajstić information content (AvgIpc) is 2.45. The van der Waals surface area contributed by atoms with Gasteiger partial charge in [-0.15, -0.1) is 0 Å². The summed E-state index contributed by atoms with van der Waals surface area (Å²) < 4.78 is 4.97. The third kappa shape index (κ3) is 3.12. The second kappa shape index (κ2) is 6.52. The second-order valence-electron chi connectivity index (χ2n) is 5.05. The molecule has 0 bridgehead atoms. The number of carbonyl (C=O) groups is 3. The smallest absolute Gasteiger partial charge is 0.330 e. The van der Waals surface area contributed by atoms with Gasteiger partial charge in [-0.25, -0.2) is 4.79 Å². The van der Waals surface area contributed by atoms with Crippen molar-refractivity contribution in [1.29, 1.82) is 0 Å². The molecule has 2 atom stereocenters. The third-order valence-electron chi connectivity index (χ3n) is 3.65. The van der Waals surface area contributed by atoms with E-state index < -0.39 is 17.9 Å². The van der Waals surface area contributed by atoms with E-state index in [-0.39, 0.29) is 18.3 Å². The molecule has 1 heterocycles. The number of hydrogen-bond donors (Lipinski definition) is 0. The summed E-state index contributed by atoms with van der Waals surface area (Å²) in [5, 5.41) is 0. The van der Waals surface area contributed by atoms with Crippen LogP contribution in [0.3, 0.4) is 0 Å². The normalized spacial score (nSPS) is 20.9. The predicted octanol–water partition coefficient (Wildman–Crippen LogP) is 1.21. The van der Waals surface area contributed by atoms with E-state index in [1.807, 2.05) is 30.3 Å². The zero-order chi connectivity index (χ0) is 15.4. The zero-order valence-corrected chi connectivity index (χ0v) is 12.2. The molecule has 1 amide bonds. The summed E-state index contributed by atoms with van der Waals surface area (Å²) in [6.07, 6.45) is 0.646. The molecule has 0 radical (unpaired) electrons. The minimum absolute atomic E-state index is 0.237. The highest BCUT2D eigenvalue weighted by Crippen LogP contribution is 2.29. The van der Waals surface area contributed by atoms with Crippen LogP contribution >= 0.6 is 0 Å². The molecule has 1 fully saturated rings. The molecule has 1 aliphatic heterocycles. The van der Waals surface area contributed by atoms with Crippen molar-refractivity contribution in [1.82, 2.24) is 4.90 Å². The molecular formula is C16H19NO4. The lowest BCUT2D eigenvalue weighted by molar-refractivity contribution is -0.176. The van der Waals surface area contributed by atoms with Crippen LogP contribution in [0.15, 0.2) is 30.3 Å². The number of esters is 1. The van der Waals surface area contributed by atoms with Gasteiger partial charge >= 0.3 is 5.97 Å². The number of rotatable bonds is 6. The molecule has 2 rings (SSSR count). The first kappa shape index (κ1) is 15.2. The van der Waals surface area contributed by atoms with Crippen molar-refractivity contribution < 1.29 is 19.1 Å². The third-order valence-corrected chi connectivity index (χ3v) is 3.65. The van der Waals surface area contributed by atoms with Gasteiger partial charge < -0.3 is 9.64 Å². The van der Waals surface area contributed by atoms with Gasteiger partial charge in [0.2, 0.25) is 5.91 Å². The quantitative estimate of drug-likeness (QED) is 0.448. The van der Waals surface area contributed by atoms with Gasteiger partial charge in [0.25, 0.3) is 0 Å². The number of likely N-dealkylation sites (tertiary alicyclic amines) is 1. The molecule has 0 saturated carbocycles. The zero-order valence-electron chi connectivity index (χ0n) is 12.2. The van der Waals surface area contributed by atoms with Crippen LogP contribution in [0.5, 0.6) is 0 Å². The first-order valence-corrected chi connectivity index (χ1v) is 7.07. The Kier molecular flexibility index (Phi) is 4.73. The highest BCUT2D eigenvalue weighted by Gasteiger charge is 2.54. The largest absolute Gasteiger partial charge is 0.464 e. The molecule has 0 spiro atoms. The molecule has 1 aromatic carbocycles. The molecule has 21 heavy (non-hydrogen) atoms. The maximum absolute atomic E-state index is 12.0. The van der Waals surface area contributed by atoms with Crippen molar-refractivity contribution in [2.45, 2.75) is 26.3 Å². The molecular weight excluding hydrogens is 270 g/mol. The van der Waals surface area contributed by atoms with Crippen LogP contribution in [0.2, 0.25) is 0 Å². The summed E-state index contributed by atoms with van der Waals surface area (Å²) in [6.45, 7) is 3.69. The van der Waals surface area contributed by atoms with Gasteiger partial charge in [0.1, 0.15) is 17.7 Å². The molecule has 1 saturated heterocycles. The Balaban J connectivity index is 2.04. The minimum atomic E-state index is -0.875. The van der Waals surface area contributed by atoms with Crippen LogP contribution in [-0.4, -0.2) is 41.8 Å². The van der Waals surface area contributed by atoms with Crippen molar-refractivity contribution in [3.05, 3.63) is 35.9 Å². The number of ketones is 1. The highest BCUT2D eigenvalue weighted by atomic mass is 16.5. The fraction of sp³-hybridized carbons (Fsp3) is 0.438. The average molecular weight is 289 g/mol. The molecule has 0 N–H and O–H groups in total. The fourth-order valence-electron chi connectivity index (χ4n) is 2.58. The Morgan fingerprint density at radius 3 is 2.48 bits per heavy atom. The molecule has 0 unspecified atom stereocenters. The molecule has 5 nitrogen and oxygen atoms in total. The summed E-state index contributed by atoms with van der Waals surface area (Å²) in [5.41, 5.74) is 1.08. The van der Waals surface area contributed by atoms with Gasteiger partial charge in [-0.3, -0.25) is 9.59 Å². The minimum Gasteiger partial charge on any atom is -0.464 e. The summed E-state index contributed by atoms with van der Waals surface area (Å²) in [4.78, 5) is 36.9. The van der Waals surface area contributed by atoms with Crippen molar-refractivity contribution in [3.63, 3.8) is 0 Å². The van der Waals surface area contributed by atoms with E-state index in [0.717, 1.165) is 5.56 Å². The second-order valence-corrected chi connectivity index (χ2v) is 5.05. The first-order valence-electron chi connectivity index (χ1n) is 7.07. The van der Waals surface area contributed by atoms with Gasteiger partial charge in [0, 0.05) is 6.54 Å². The first-order chi connectivity index (χ1) is 10.1. The van der Waals surface area contributed by atoms with Crippen LogP contribution in [0.4, 0.5) is 0 Å². The van der Waals surface area contributed by atoms with Crippen molar-refractivity contribution in [3.8, 4) is 0 Å². The maximum Gasteiger partial charge on any atom is 0.330 e. The lowest BCUT2D eigenvalue weighted by atomic mass is 9.84. The van der Waals surface area contributed by atoms with Gasteiger partial charge in [0.15, 0.2) is 0 Å².